The molecule has 0 amide bonds. The third kappa shape index (κ3) is 5.01. The fraction of sp³-hybridized carbons (Fsp3) is 0.343. The summed E-state index contributed by atoms with van der Waals surface area (Å²) in [6, 6.07) is 20.9. The zero-order valence-corrected chi connectivity index (χ0v) is 23.2. The Hall–Kier alpha value is -3.79. The number of aromatic hydroxyl groups is 1. The monoisotopic (exact) mass is 522 g/mol. The summed E-state index contributed by atoms with van der Waals surface area (Å²) in [7, 11) is 0. The molecule has 0 saturated carbocycles. The molecule has 4 nitrogen and oxygen atoms in total. The number of carbonyl (C=O) groups excluding carboxylic acids is 1. The molecule has 1 heterocycles. The van der Waals surface area contributed by atoms with Crippen molar-refractivity contribution < 1.29 is 19.4 Å². The maximum atomic E-state index is 14.1. The number of cyclic esters (lactones) is 1. The van der Waals surface area contributed by atoms with Crippen molar-refractivity contribution in [1.82, 2.24) is 0 Å². The van der Waals surface area contributed by atoms with Crippen LogP contribution in [0.1, 0.15) is 91.4 Å². The highest BCUT2D eigenvalue weighted by molar-refractivity contribution is 5.97. The summed E-state index contributed by atoms with van der Waals surface area (Å²) in [5.74, 6) is -1.37. The van der Waals surface area contributed by atoms with Gasteiger partial charge in [-0.05, 0) is 57.1 Å². The Balaban J connectivity index is 1.78. The van der Waals surface area contributed by atoms with Crippen molar-refractivity contribution in [2.75, 3.05) is 0 Å². The molecule has 0 bridgehead atoms. The average molecular weight is 523 g/mol. The molecule has 4 heteroatoms. The van der Waals surface area contributed by atoms with Gasteiger partial charge in [-0.3, -0.25) is 0 Å². The lowest BCUT2D eigenvalue weighted by atomic mass is 9.73. The van der Waals surface area contributed by atoms with E-state index in [1.807, 2.05) is 67.6 Å². The third-order valence-corrected chi connectivity index (χ3v) is 8.14. The van der Waals surface area contributed by atoms with Crippen LogP contribution in [0.3, 0.4) is 0 Å². The number of phenolic OH excluding ortho intramolecular Hbond substituents is 1. The second-order valence-electron chi connectivity index (χ2n) is 11.0. The molecule has 0 radical (unpaired) electrons. The highest BCUT2D eigenvalue weighted by Gasteiger charge is 2.49. The number of fused-ring (bicyclic) bond motifs is 1. The van der Waals surface area contributed by atoms with E-state index < -0.39 is 11.8 Å². The molecule has 0 aromatic heterocycles. The predicted octanol–water partition coefficient (Wildman–Crippen LogP) is 8.59. The molecule has 3 aromatic carbocycles. The van der Waals surface area contributed by atoms with E-state index >= 15 is 0 Å². The van der Waals surface area contributed by atoms with Crippen LogP contribution < -0.4 is 4.74 Å². The number of ether oxygens (including phenoxy) is 2. The average Bonchev–Trinajstić information content (AvgIpc) is 2.93. The van der Waals surface area contributed by atoms with Gasteiger partial charge in [0.05, 0.1) is 0 Å². The standard InChI is InChI=1S/C35H38O4/c1-5-6-9-14-25-22-30(36)32(29-21-24(4)19-20-28(29)23(2)3)33-31(25)34(37)39-35(38-33,26-15-10-7-11-16-26)27-17-12-8-13-18-27/h7-8,10-13,15-18,21-22,28-29,36H,2,5-6,9,14,19-20H2,1,3-4H3. The van der Waals surface area contributed by atoms with Gasteiger partial charge in [-0.25, -0.2) is 4.79 Å². The van der Waals surface area contributed by atoms with Crippen molar-refractivity contribution in [1.29, 1.82) is 0 Å². The molecule has 0 spiro atoms. The molecule has 202 valence electrons. The summed E-state index contributed by atoms with van der Waals surface area (Å²) in [6.45, 7) is 10.6. The summed E-state index contributed by atoms with van der Waals surface area (Å²) in [5.41, 5.74) is 5.58. The molecule has 0 saturated heterocycles. The Morgan fingerprint density at radius 3 is 2.26 bits per heavy atom. The SMILES string of the molecule is C=C(C)C1CCC(C)=CC1c1c(O)cc(CCCCC)c2c1OC(c1ccccc1)(c1ccccc1)OC2=O. The van der Waals surface area contributed by atoms with Crippen LogP contribution in [0.2, 0.25) is 0 Å². The van der Waals surface area contributed by atoms with E-state index in [-0.39, 0.29) is 17.6 Å². The molecule has 3 aromatic rings. The number of esters is 1. The van der Waals surface area contributed by atoms with Gasteiger partial charge >= 0.3 is 11.8 Å². The number of hydrogen-bond donors (Lipinski definition) is 1. The second kappa shape index (κ2) is 11.1. The minimum atomic E-state index is -1.48. The normalized spacial score (nSPS) is 19.9. The lowest BCUT2D eigenvalue weighted by Crippen LogP contribution is -2.44. The molecule has 5 rings (SSSR count). The zero-order valence-electron chi connectivity index (χ0n) is 23.2. The molecule has 2 aliphatic rings. The minimum absolute atomic E-state index is 0.124. The van der Waals surface area contributed by atoms with Crippen LogP contribution in [-0.2, 0) is 16.9 Å². The van der Waals surface area contributed by atoms with Crippen LogP contribution in [0.15, 0.2) is 90.5 Å². The highest BCUT2D eigenvalue weighted by atomic mass is 16.7. The molecule has 0 fully saturated rings. The lowest BCUT2D eigenvalue weighted by Gasteiger charge is -2.41. The van der Waals surface area contributed by atoms with Crippen molar-refractivity contribution in [3.63, 3.8) is 0 Å². The predicted molar refractivity (Wildman–Crippen MR) is 155 cm³/mol. The third-order valence-electron chi connectivity index (χ3n) is 8.14. The molecule has 1 N–H and O–H groups in total. The van der Waals surface area contributed by atoms with E-state index in [0.717, 1.165) is 43.2 Å². The van der Waals surface area contributed by atoms with Gasteiger partial charge in [0.1, 0.15) is 17.1 Å². The maximum absolute atomic E-state index is 14.1. The van der Waals surface area contributed by atoms with Crippen molar-refractivity contribution in [2.45, 2.75) is 71.0 Å². The molecular formula is C35H38O4. The van der Waals surface area contributed by atoms with Gasteiger partial charge < -0.3 is 14.6 Å². The van der Waals surface area contributed by atoms with Gasteiger partial charge in [-0.2, -0.15) is 0 Å². The quantitative estimate of drug-likeness (QED) is 0.183. The smallest absolute Gasteiger partial charge is 0.346 e. The number of hydrogen-bond acceptors (Lipinski definition) is 4. The second-order valence-corrected chi connectivity index (χ2v) is 11.0. The van der Waals surface area contributed by atoms with Gasteiger partial charge in [-0.15, -0.1) is 0 Å². The minimum Gasteiger partial charge on any atom is -0.507 e. The number of benzene rings is 3. The first kappa shape index (κ1) is 26.8. The summed E-state index contributed by atoms with van der Waals surface area (Å²) in [4.78, 5) is 14.1. The fourth-order valence-electron chi connectivity index (χ4n) is 6.10. The van der Waals surface area contributed by atoms with Crippen molar-refractivity contribution >= 4 is 5.97 Å². The van der Waals surface area contributed by atoms with Crippen LogP contribution in [-0.4, -0.2) is 11.1 Å². The Bertz CT molecular complexity index is 1350. The Kier molecular flexibility index (Phi) is 7.65. The van der Waals surface area contributed by atoms with Crippen LogP contribution in [0.5, 0.6) is 11.5 Å². The fourth-order valence-corrected chi connectivity index (χ4v) is 6.10. The van der Waals surface area contributed by atoms with Gasteiger partial charge in [-0.1, -0.05) is 104 Å². The number of allylic oxidation sites excluding steroid dienone is 3. The molecule has 39 heavy (non-hydrogen) atoms. The van der Waals surface area contributed by atoms with Crippen molar-refractivity contribution in [3.8, 4) is 11.5 Å². The van der Waals surface area contributed by atoms with E-state index in [0.29, 0.717) is 34.4 Å². The first-order valence-electron chi connectivity index (χ1n) is 14.1. The summed E-state index contributed by atoms with van der Waals surface area (Å²) in [6.07, 6.45) is 7.79. The number of rotatable bonds is 8. The van der Waals surface area contributed by atoms with E-state index in [4.69, 9.17) is 9.47 Å². The first-order chi connectivity index (χ1) is 18.9. The number of unbranched alkanes of at least 4 members (excludes halogenated alkanes) is 2. The Labute approximate surface area is 232 Å². The summed E-state index contributed by atoms with van der Waals surface area (Å²) in [5, 5.41) is 11.6. The molecule has 1 aliphatic carbocycles. The largest absolute Gasteiger partial charge is 0.507 e. The van der Waals surface area contributed by atoms with E-state index in [1.165, 1.54) is 5.57 Å². The number of phenols is 1. The van der Waals surface area contributed by atoms with Gasteiger partial charge in [0.15, 0.2) is 0 Å². The Morgan fingerprint density at radius 2 is 1.67 bits per heavy atom. The molecular weight excluding hydrogens is 484 g/mol. The van der Waals surface area contributed by atoms with Crippen LogP contribution in [0, 0.1) is 5.92 Å². The zero-order chi connectivity index (χ0) is 27.6. The maximum Gasteiger partial charge on any atom is 0.346 e. The van der Waals surface area contributed by atoms with Crippen LogP contribution >= 0.6 is 0 Å². The van der Waals surface area contributed by atoms with Gasteiger partial charge in [0.2, 0.25) is 0 Å². The Morgan fingerprint density at radius 1 is 1.03 bits per heavy atom. The number of aryl methyl sites for hydroxylation is 1. The van der Waals surface area contributed by atoms with E-state index in [2.05, 4.69) is 26.5 Å². The van der Waals surface area contributed by atoms with Gasteiger partial charge in [0.25, 0.3) is 0 Å². The first-order valence-corrected chi connectivity index (χ1v) is 14.1. The van der Waals surface area contributed by atoms with Crippen molar-refractivity contribution in [3.05, 3.63) is 118 Å². The summed E-state index contributed by atoms with van der Waals surface area (Å²) >= 11 is 0. The molecule has 2 unspecified atom stereocenters. The highest BCUT2D eigenvalue weighted by Crippen LogP contribution is 2.53. The number of carbonyl (C=O) groups is 1. The van der Waals surface area contributed by atoms with Crippen LogP contribution in [0.4, 0.5) is 0 Å². The summed E-state index contributed by atoms with van der Waals surface area (Å²) < 4.78 is 13.3. The lowest BCUT2D eigenvalue weighted by molar-refractivity contribution is -0.132. The molecule has 2 atom stereocenters. The molecule has 1 aliphatic heterocycles. The topological polar surface area (TPSA) is 55.8 Å². The van der Waals surface area contributed by atoms with Crippen molar-refractivity contribution in [2.24, 2.45) is 5.92 Å². The van der Waals surface area contributed by atoms with Crippen LogP contribution in [0.25, 0.3) is 0 Å². The van der Waals surface area contributed by atoms with E-state index in [1.54, 1.807) is 6.07 Å². The van der Waals surface area contributed by atoms with Gasteiger partial charge in [0, 0.05) is 22.6 Å². The van der Waals surface area contributed by atoms with E-state index in [9.17, 15) is 9.90 Å².